The Labute approximate surface area is 176 Å². The summed E-state index contributed by atoms with van der Waals surface area (Å²) in [5.41, 5.74) is 2.88. The van der Waals surface area contributed by atoms with E-state index < -0.39 is 0 Å². The van der Waals surface area contributed by atoms with Crippen LogP contribution in [-0.2, 0) is 9.59 Å². The number of hydrogen-bond donors (Lipinski definition) is 1. The van der Waals surface area contributed by atoms with E-state index in [0.717, 1.165) is 23.7 Å². The average molecular weight is 410 g/mol. The van der Waals surface area contributed by atoms with Gasteiger partial charge in [0.05, 0.1) is 5.57 Å². The predicted molar refractivity (Wildman–Crippen MR) is 119 cm³/mol. The summed E-state index contributed by atoms with van der Waals surface area (Å²) >= 11 is 1.48. The molecule has 2 aliphatic rings. The van der Waals surface area contributed by atoms with Crippen LogP contribution in [-0.4, -0.2) is 36.3 Å². The van der Waals surface area contributed by atoms with Crippen molar-refractivity contribution in [1.29, 1.82) is 0 Å². The number of nitrogens with one attached hydrogen (secondary N) is 1. The lowest BCUT2D eigenvalue weighted by atomic mass is 10.1. The maximum atomic E-state index is 13.1. The topological polar surface area (TPSA) is 52.7 Å². The van der Waals surface area contributed by atoms with E-state index >= 15 is 0 Å². The molecule has 0 unspecified atom stereocenters. The molecule has 0 aliphatic carbocycles. The number of anilines is 2. The standard InChI is InChI=1S/C23H27N3O2S/c1-16(2)15-26-22(27)20(19-7-6-14-29-19)21(23(26)28)24-17-8-10-18(11-9-17)25-12-4-3-5-13-25/h6-11,14,16,24H,3-5,12-13,15H2,1-2H3. The summed E-state index contributed by atoms with van der Waals surface area (Å²) in [6, 6.07) is 12.0. The Morgan fingerprint density at radius 2 is 1.72 bits per heavy atom. The number of carbonyl (C=O) groups is 2. The lowest BCUT2D eigenvalue weighted by Crippen LogP contribution is -2.35. The minimum Gasteiger partial charge on any atom is -0.372 e. The van der Waals surface area contributed by atoms with Gasteiger partial charge >= 0.3 is 0 Å². The highest BCUT2D eigenvalue weighted by atomic mass is 32.1. The molecular formula is C23H27N3O2S. The molecule has 152 valence electrons. The summed E-state index contributed by atoms with van der Waals surface area (Å²) in [7, 11) is 0. The van der Waals surface area contributed by atoms with Crippen molar-refractivity contribution in [3.05, 3.63) is 52.4 Å². The van der Waals surface area contributed by atoms with Crippen LogP contribution in [0.1, 0.15) is 38.0 Å². The van der Waals surface area contributed by atoms with Crippen LogP contribution in [0.5, 0.6) is 0 Å². The zero-order valence-corrected chi connectivity index (χ0v) is 17.8. The lowest BCUT2D eigenvalue weighted by Gasteiger charge is -2.28. The van der Waals surface area contributed by atoms with Crippen LogP contribution in [0.3, 0.4) is 0 Å². The molecule has 3 heterocycles. The third-order valence-electron chi connectivity index (χ3n) is 5.34. The summed E-state index contributed by atoms with van der Waals surface area (Å²) in [6.45, 7) is 6.63. The molecule has 29 heavy (non-hydrogen) atoms. The molecule has 0 spiro atoms. The second-order valence-electron chi connectivity index (χ2n) is 8.06. The Hall–Kier alpha value is -2.60. The van der Waals surface area contributed by atoms with Gasteiger partial charge in [-0.2, -0.15) is 0 Å². The summed E-state index contributed by atoms with van der Waals surface area (Å²) in [4.78, 5) is 30.7. The van der Waals surface area contributed by atoms with E-state index in [1.165, 1.54) is 41.2 Å². The molecule has 0 atom stereocenters. The number of piperidine rings is 1. The van der Waals surface area contributed by atoms with Crippen LogP contribution in [0.4, 0.5) is 11.4 Å². The van der Waals surface area contributed by atoms with Crippen molar-refractivity contribution in [2.45, 2.75) is 33.1 Å². The Bertz CT molecular complexity index is 910. The van der Waals surface area contributed by atoms with Gasteiger partial charge in [0.25, 0.3) is 11.8 Å². The number of carbonyl (C=O) groups excluding carboxylic acids is 2. The average Bonchev–Trinajstić information content (AvgIpc) is 3.32. The number of nitrogens with zero attached hydrogens (tertiary/aromatic N) is 2. The highest BCUT2D eigenvalue weighted by molar-refractivity contribution is 7.11. The zero-order chi connectivity index (χ0) is 20.4. The summed E-state index contributed by atoms with van der Waals surface area (Å²) in [6.07, 6.45) is 3.78. The maximum Gasteiger partial charge on any atom is 0.278 e. The Morgan fingerprint density at radius 1 is 1.00 bits per heavy atom. The largest absolute Gasteiger partial charge is 0.372 e. The Balaban J connectivity index is 1.60. The summed E-state index contributed by atoms with van der Waals surface area (Å²) in [5.74, 6) is -0.235. The highest BCUT2D eigenvalue weighted by Gasteiger charge is 2.39. The molecule has 1 saturated heterocycles. The molecule has 5 nitrogen and oxygen atoms in total. The predicted octanol–water partition coefficient (Wildman–Crippen LogP) is 4.59. The van der Waals surface area contributed by atoms with Gasteiger partial charge in [0.1, 0.15) is 5.70 Å². The van der Waals surface area contributed by atoms with Gasteiger partial charge in [0.15, 0.2) is 0 Å². The van der Waals surface area contributed by atoms with E-state index in [0.29, 0.717) is 17.8 Å². The van der Waals surface area contributed by atoms with Crippen LogP contribution in [0.15, 0.2) is 47.5 Å². The van der Waals surface area contributed by atoms with Crippen molar-refractivity contribution >= 4 is 40.1 Å². The molecule has 1 N–H and O–H groups in total. The number of benzene rings is 1. The minimum atomic E-state index is -0.243. The molecule has 1 aromatic heterocycles. The summed E-state index contributed by atoms with van der Waals surface area (Å²) in [5, 5.41) is 5.18. The smallest absolute Gasteiger partial charge is 0.278 e. The Morgan fingerprint density at radius 3 is 2.34 bits per heavy atom. The molecule has 0 bridgehead atoms. The molecule has 0 saturated carbocycles. The minimum absolute atomic E-state index is 0.210. The van der Waals surface area contributed by atoms with Crippen LogP contribution >= 0.6 is 11.3 Å². The van der Waals surface area contributed by atoms with Crippen molar-refractivity contribution in [3.63, 3.8) is 0 Å². The molecule has 1 aromatic carbocycles. The van der Waals surface area contributed by atoms with Crippen LogP contribution in [0.2, 0.25) is 0 Å². The second kappa shape index (κ2) is 8.41. The third-order valence-corrected chi connectivity index (χ3v) is 6.23. The molecule has 1 fully saturated rings. The van der Waals surface area contributed by atoms with Gasteiger partial charge in [-0.15, -0.1) is 11.3 Å². The van der Waals surface area contributed by atoms with Gasteiger partial charge < -0.3 is 10.2 Å². The molecule has 4 rings (SSSR count). The van der Waals surface area contributed by atoms with Crippen LogP contribution < -0.4 is 10.2 Å². The van der Waals surface area contributed by atoms with Gasteiger partial charge in [-0.1, -0.05) is 19.9 Å². The van der Waals surface area contributed by atoms with Crippen molar-refractivity contribution < 1.29 is 9.59 Å². The third kappa shape index (κ3) is 4.08. The normalized spacial score (nSPS) is 17.6. The van der Waals surface area contributed by atoms with Crippen molar-refractivity contribution in [2.24, 2.45) is 5.92 Å². The van der Waals surface area contributed by atoms with Crippen LogP contribution in [0.25, 0.3) is 5.57 Å². The Kier molecular flexibility index (Phi) is 5.72. The van der Waals surface area contributed by atoms with Gasteiger partial charge in [0, 0.05) is 35.9 Å². The van der Waals surface area contributed by atoms with E-state index in [-0.39, 0.29) is 17.7 Å². The number of thiophene rings is 1. The van der Waals surface area contributed by atoms with Crippen molar-refractivity contribution in [3.8, 4) is 0 Å². The first-order valence-electron chi connectivity index (χ1n) is 10.3. The second-order valence-corrected chi connectivity index (χ2v) is 9.01. The number of imide groups is 1. The van der Waals surface area contributed by atoms with Gasteiger partial charge in [-0.3, -0.25) is 14.5 Å². The van der Waals surface area contributed by atoms with Gasteiger partial charge in [-0.25, -0.2) is 0 Å². The molecule has 2 amide bonds. The van der Waals surface area contributed by atoms with Crippen LogP contribution in [0, 0.1) is 5.92 Å². The molecule has 0 radical (unpaired) electrons. The van der Waals surface area contributed by atoms with E-state index in [2.05, 4.69) is 22.3 Å². The quantitative estimate of drug-likeness (QED) is 0.709. The van der Waals surface area contributed by atoms with Crippen molar-refractivity contribution in [2.75, 3.05) is 29.9 Å². The summed E-state index contributed by atoms with van der Waals surface area (Å²) < 4.78 is 0. The van der Waals surface area contributed by atoms with E-state index in [9.17, 15) is 9.59 Å². The molecule has 2 aliphatic heterocycles. The van der Waals surface area contributed by atoms with Crippen molar-refractivity contribution in [1.82, 2.24) is 4.90 Å². The lowest BCUT2D eigenvalue weighted by molar-refractivity contribution is -0.137. The molecule has 6 heteroatoms. The first-order valence-corrected chi connectivity index (χ1v) is 11.2. The number of amides is 2. The number of rotatable bonds is 6. The van der Waals surface area contributed by atoms with Gasteiger partial charge in [0.2, 0.25) is 0 Å². The monoisotopic (exact) mass is 409 g/mol. The van der Waals surface area contributed by atoms with E-state index in [1.807, 2.05) is 43.5 Å². The fraction of sp³-hybridized carbons (Fsp3) is 0.391. The first kappa shape index (κ1) is 19.7. The highest BCUT2D eigenvalue weighted by Crippen LogP contribution is 2.33. The maximum absolute atomic E-state index is 13.1. The number of hydrogen-bond acceptors (Lipinski definition) is 5. The zero-order valence-electron chi connectivity index (χ0n) is 17.0. The van der Waals surface area contributed by atoms with E-state index in [4.69, 9.17) is 0 Å². The SMILES string of the molecule is CC(C)CN1C(=O)C(Nc2ccc(N3CCCCC3)cc2)=C(c2cccs2)C1=O. The first-order chi connectivity index (χ1) is 14.0. The van der Waals surface area contributed by atoms with E-state index in [1.54, 1.807) is 0 Å². The molecule has 2 aromatic rings. The molecular weight excluding hydrogens is 382 g/mol. The fourth-order valence-electron chi connectivity index (χ4n) is 3.92. The van der Waals surface area contributed by atoms with Gasteiger partial charge in [-0.05, 0) is 60.9 Å². The fourth-order valence-corrected chi connectivity index (χ4v) is 4.69.